The smallest absolute Gasteiger partial charge is 0.151 e. The molecule has 0 unspecified atom stereocenters. The number of nitrogens with zero attached hydrogens (tertiary/aromatic N) is 2. The fourth-order valence-electron chi connectivity index (χ4n) is 2.52. The van der Waals surface area contributed by atoms with E-state index < -0.39 is 0 Å². The van der Waals surface area contributed by atoms with Gasteiger partial charge in [0.1, 0.15) is 0 Å². The summed E-state index contributed by atoms with van der Waals surface area (Å²) in [6, 6.07) is 2.06. The molecule has 2 heterocycles. The molecule has 2 rings (SSSR count). The number of nitrogens with one attached hydrogen (secondary N) is 1. The largest absolute Gasteiger partial charge is 0.360 e. The van der Waals surface area contributed by atoms with Crippen molar-refractivity contribution >= 4 is 0 Å². The monoisotopic (exact) mass is 277 g/mol. The van der Waals surface area contributed by atoms with Gasteiger partial charge in [-0.3, -0.25) is 4.90 Å². The van der Waals surface area contributed by atoms with Crippen molar-refractivity contribution in [2.45, 2.75) is 47.2 Å². The van der Waals surface area contributed by atoms with Crippen LogP contribution in [0.1, 0.15) is 45.6 Å². The van der Waals surface area contributed by atoms with Gasteiger partial charge in [-0.1, -0.05) is 44.5 Å². The zero-order chi connectivity index (χ0) is 14.6. The molecular formula is C16H27N3O. The van der Waals surface area contributed by atoms with Gasteiger partial charge in [-0.15, -0.1) is 0 Å². The molecule has 0 saturated carbocycles. The molecule has 1 aliphatic rings. The maximum absolute atomic E-state index is 5.41. The van der Waals surface area contributed by atoms with Gasteiger partial charge in [0.2, 0.25) is 0 Å². The van der Waals surface area contributed by atoms with Gasteiger partial charge in [-0.05, 0) is 18.4 Å². The molecule has 20 heavy (non-hydrogen) atoms. The minimum Gasteiger partial charge on any atom is -0.360 e. The Labute approximate surface area is 122 Å². The predicted molar refractivity (Wildman–Crippen MR) is 81.3 cm³/mol. The number of rotatable bonds is 5. The first-order valence-corrected chi connectivity index (χ1v) is 7.56. The van der Waals surface area contributed by atoms with Crippen LogP contribution < -0.4 is 5.32 Å². The van der Waals surface area contributed by atoms with Crippen molar-refractivity contribution in [3.05, 3.63) is 29.2 Å². The first-order chi connectivity index (χ1) is 9.49. The van der Waals surface area contributed by atoms with E-state index in [4.69, 9.17) is 4.52 Å². The Balaban J connectivity index is 1.86. The molecule has 4 heteroatoms. The van der Waals surface area contributed by atoms with Crippen LogP contribution in [0, 0.1) is 5.41 Å². The second-order valence-electron chi connectivity index (χ2n) is 6.53. The number of hydrogen-bond acceptors (Lipinski definition) is 4. The lowest BCUT2D eigenvalue weighted by atomic mass is 9.83. The molecule has 4 nitrogen and oxygen atoms in total. The average molecular weight is 277 g/mol. The normalized spacial score (nSPS) is 17.3. The van der Waals surface area contributed by atoms with Gasteiger partial charge in [-0.2, -0.15) is 0 Å². The Morgan fingerprint density at radius 3 is 2.80 bits per heavy atom. The van der Waals surface area contributed by atoms with E-state index in [9.17, 15) is 0 Å². The second kappa shape index (κ2) is 6.55. The van der Waals surface area contributed by atoms with Crippen LogP contribution in [0.2, 0.25) is 0 Å². The first-order valence-electron chi connectivity index (χ1n) is 7.56. The van der Waals surface area contributed by atoms with Crippen LogP contribution in [0.3, 0.4) is 0 Å². The SMILES string of the molecule is CCNCc1cc(CN2CC=C(C(C)(C)C)CC2)on1. The van der Waals surface area contributed by atoms with E-state index in [1.165, 1.54) is 0 Å². The van der Waals surface area contributed by atoms with Crippen molar-refractivity contribution in [3.8, 4) is 0 Å². The minimum atomic E-state index is 0.303. The van der Waals surface area contributed by atoms with Gasteiger partial charge >= 0.3 is 0 Å². The molecule has 0 fully saturated rings. The van der Waals surface area contributed by atoms with Crippen LogP contribution >= 0.6 is 0 Å². The van der Waals surface area contributed by atoms with Crippen molar-refractivity contribution in [3.63, 3.8) is 0 Å². The molecular weight excluding hydrogens is 250 g/mol. The number of aromatic nitrogens is 1. The molecule has 112 valence electrons. The fourth-order valence-corrected chi connectivity index (χ4v) is 2.52. The van der Waals surface area contributed by atoms with Gasteiger partial charge in [0, 0.05) is 25.7 Å². The second-order valence-corrected chi connectivity index (χ2v) is 6.53. The highest BCUT2D eigenvalue weighted by atomic mass is 16.5. The Kier molecular flexibility index (Phi) is 5.00. The van der Waals surface area contributed by atoms with Gasteiger partial charge in [0.25, 0.3) is 0 Å². The van der Waals surface area contributed by atoms with Crippen LogP contribution in [-0.2, 0) is 13.1 Å². The molecule has 1 aromatic rings. The summed E-state index contributed by atoms with van der Waals surface area (Å²) in [5.74, 6) is 0.963. The highest BCUT2D eigenvalue weighted by Gasteiger charge is 2.21. The van der Waals surface area contributed by atoms with Gasteiger partial charge in [-0.25, -0.2) is 0 Å². The van der Waals surface area contributed by atoms with Gasteiger partial charge in [0.05, 0.1) is 12.2 Å². The third-order valence-electron chi connectivity index (χ3n) is 3.80. The van der Waals surface area contributed by atoms with Crippen LogP contribution in [-0.4, -0.2) is 29.7 Å². The summed E-state index contributed by atoms with van der Waals surface area (Å²) >= 11 is 0. The number of hydrogen-bond donors (Lipinski definition) is 1. The van der Waals surface area contributed by atoms with Crippen molar-refractivity contribution in [1.29, 1.82) is 0 Å². The minimum absolute atomic E-state index is 0.303. The van der Waals surface area contributed by atoms with Crippen LogP contribution in [0.25, 0.3) is 0 Å². The topological polar surface area (TPSA) is 41.3 Å². The predicted octanol–water partition coefficient (Wildman–Crippen LogP) is 2.96. The Morgan fingerprint density at radius 2 is 2.20 bits per heavy atom. The van der Waals surface area contributed by atoms with Crippen LogP contribution in [0.5, 0.6) is 0 Å². The van der Waals surface area contributed by atoms with Crippen LogP contribution in [0.15, 0.2) is 22.2 Å². The summed E-state index contributed by atoms with van der Waals surface area (Å²) < 4.78 is 5.41. The molecule has 0 aliphatic carbocycles. The Bertz CT molecular complexity index is 457. The van der Waals surface area contributed by atoms with Crippen molar-refractivity contribution in [2.75, 3.05) is 19.6 Å². The van der Waals surface area contributed by atoms with E-state index in [-0.39, 0.29) is 0 Å². The zero-order valence-corrected chi connectivity index (χ0v) is 13.2. The lowest BCUT2D eigenvalue weighted by Gasteiger charge is -2.31. The maximum Gasteiger partial charge on any atom is 0.151 e. The van der Waals surface area contributed by atoms with Gasteiger partial charge < -0.3 is 9.84 Å². The molecule has 0 saturated heterocycles. The molecule has 0 aromatic carbocycles. The third kappa shape index (κ3) is 4.18. The molecule has 0 amide bonds. The van der Waals surface area contributed by atoms with E-state index in [1.807, 2.05) is 0 Å². The van der Waals surface area contributed by atoms with Crippen molar-refractivity contribution < 1.29 is 4.52 Å². The molecule has 1 aromatic heterocycles. The highest BCUT2D eigenvalue weighted by molar-refractivity contribution is 5.15. The summed E-state index contributed by atoms with van der Waals surface area (Å²) in [6.45, 7) is 13.7. The van der Waals surface area contributed by atoms with E-state index in [1.54, 1.807) is 5.57 Å². The molecule has 0 bridgehead atoms. The fraction of sp³-hybridized carbons (Fsp3) is 0.688. The zero-order valence-electron chi connectivity index (χ0n) is 13.2. The van der Waals surface area contributed by atoms with E-state index >= 15 is 0 Å². The highest BCUT2D eigenvalue weighted by Crippen LogP contribution is 2.30. The standard InChI is InChI=1S/C16H27N3O/c1-5-17-11-14-10-15(20-18-14)12-19-8-6-13(7-9-19)16(2,3)4/h6,10,17H,5,7-9,11-12H2,1-4H3. The van der Waals surface area contributed by atoms with E-state index in [0.29, 0.717) is 5.41 Å². The van der Waals surface area contributed by atoms with Crippen LogP contribution in [0.4, 0.5) is 0 Å². The molecule has 0 atom stereocenters. The lowest BCUT2D eigenvalue weighted by molar-refractivity contribution is 0.236. The summed E-state index contributed by atoms with van der Waals surface area (Å²) in [7, 11) is 0. The van der Waals surface area contributed by atoms with E-state index in [0.717, 1.165) is 50.6 Å². The molecule has 0 spiro atoms. The summed E-state index contributed by atoms with van der Waals surface area (Å²) in [5.41, 5.74) is 2.86. The lowest BCUT2D eigenvalue weighted by Crippen LogP contribution is -2.30. The quantitative estimate of drug-likeness (QED) is 0.840. The Morgan fingerprint density at radius 1 is 1.40 bits per heavy atom. The van der Waals surface area contributed by atoms with E-state index in [2.05, 4.69) is 55.2 Å². The first kappa shape index (κ1) is 15.3. The summed E-state index contributed by atoms with van der Waals surface area (Å²) in [5, 5.41) is 7.35. The molecule has 0 radical (unpaired) electrons. The van der Waals surface area contributed by atoms with Crippen molar-refractivity contribution in [1.82, 2.24) is 15.4 Å². The van der Waals surface area contributed by atoms with Crippen molar-refractivity contribution in [2.24, 2.45) is 5.41 Å². The van der Waals surface area contributed by atoms with Gasteiger partial charge in [0.15, 0.2) is 5.76 Å². The molecule has 1 N–H and O–H groups in total. The summed E-state index contributed by atoms with van der Waals surface area (Å²) in [6.07, 6.45) is 3.53. The maximum atomic E-state index is 5.41. The Hall–Kier alpha value is -1.13. The molecule has 1 aliphatic heterocycles. The third-order valence-corrected chi connectivity index (χ3v) is 3.80. The average Bonchev–Trinajstić information content (AvgIpc) is 2.83. The summed E-state index contributed by atoms with van der Waals surface area (Å²) in [4.78, 5) is 2.41.